The van der Waals surface area contributed by atoms with Gasteiger partial charge in [-0.3, -0.25) is 0 Å². The van der Waals surface area contributed by atoms with Gasteiger partial charge in [-0.05, 0) is 114 Å². The molecule has 3 N–H and O–H groups in total. The van der Waals surface area contributed by atoms with Crippen LogP contribution in [-0.4, -0.2) is 20.5 Å². The Morgan fingerprint density at radius 2 is 0.911 bits per heavy atom. The lowest BCUT2D eigenvalue weighted by Gasteiger charge is -2.34. The van der Waals surface area contributed by atoms with Gasteiger partial charge in [-0.25, -0.2) is 0 Å². The van der Waals surface area contributed by atoms with Crippen molar-refractivity contribution in [2.45, 2.75) is 62.3 Å². The van der Waals surface area contributed by atoms with E-state index in [4.69, 9.17) is 0 Å². The molecule has 0 fully saturated rings. The van der Waals surface area contributed by atoms with E-state index in [-0.39, 0.29) is 20.5 Å². The monoisotopic (exact) mass is 587 g/mol. The second-order valence-corrected chi connectivity index (χ2v) is 13.4. The molecule has 0 atom stereocenters. The fourth-order valence-electron chi connectivity index (χ4n) is 8.03. The second-order valence-electron chi connectivity index (χ2n) is 13.4. The maximum Gasteiger partial charge on any atom is 0.323 e. The molecule has 3 aromatic carbocycles. The lowest BCUT2D eigenvalue weighted by atomic mass is 9.42. The van der Waals surface area contributed by atoms with Gasteiger partial charge in [0.25, 0.3) is 0 Å². The summed E-state index contributed by atoms with van der Waals surface area (Å²) >= 11 is 0. The molecule has 3 aromatic rings. The Balaban J connectivity index is 1.44. The lowest BCUT2D eigenvalue weighted by molar-refractivity contribution is 1.12. The normalized spacial score (nSPS) is 16.0. The Morgan fingerprint density at radius 1 is 0.444 bits per heavy atom. The summed E-state index contributed by atoms with van der Waals surface area (Å²) in [5.74, 6) is 2.28. The zero-order valence-corrected chi connectivity index (χ0v) is 28.3. The molecule has 6 rings (SSSR count). The maximum atomic E-state index is 4.07. The molecule has 0 aromatic heterocycles. The highest BCUT2D eigenvalue weighted by atomic mass is 14.9. The molecule has 45 heavy (non-hydrogen) atoms. The first-order chi connectivity index (χ1) is 21.5. The van der Waals surface area contributed by atoms with E-state index < -0.39 is 0 Å². The van der Waals surface area contributed by atoms with Gasteiger partial charge in [0.2, 0.25) is 0 Å². The van der Waals surface area contributed by atoms with Gasteiger partial charge in [-0.1, -0.05) is 111 Å². The van der Waals surface area contributed by atoms with E-state index >= 15 is 0 Å². The zero-order valence-electron chi connectivity index (χ0n) is 28.3. The summed E-state index contributed by atoms with van der Waals surface area (Å²) in [5.41, 5.74) is 20.7. The van der Waals surface area contributed by atoms with E-state index in [0.29, 0.717) is 0 Å². The van der Waals surface area contributed by atoms with Gasteiger partial charge in [0.15, 0.2) is 0 Å². The van der Waals surface area contributed by atoms with Crippen LogP contribution in [0, 0.1) is 62.3 Å². The molecular formula is C39H44B3N3. The van der Waals surface area contributed by atoms with Crippen LogP contribution in [0.2, 0.25) is 0 Å². The number of aryl methyl sites for hydroxylation is 9. The minimum Gasteiger partial charge on any atom is -0.426 e. The highest BCUT2D eigenvalue weighted by Crippen LogP contribution is 2.26. The van der Waals surface area contributed by atoms with Crippen molar-refractivity contribution in [1.29, 1.82) is 0 Å². The molecule has 3 heterocycles. The summed E-state index contributed by atoms with van der Waals surface area (Å²) in [7, 11) is 0. The molecule has 3 aliphatic heterocycles. The van der Waals surface area contributed by atoms with Crippen molar-refractivity contribution in [2.75, 3.05) is 0 Å². The molecule has 224 valence electrons. The molecule has 6 heteroatoms. The van der Waals surface area contributed by atoms with E-state index in [9.17, 15) is 0 Å². The van der Waals surface area contributed by atoms with Gasteiger partial charge in [-0.15, -0.1) is 0 Å². The standard InChI is InChI=1S/C39H44B3N3/c1-24-18-27(4)37(28(5)19-24)40-16-10-13-35(44-40)34-14-15-36(45-42(34)39-31(8)22-26(3)23-32(39)9)33-12-11-17-43-41(33)38-29(6)20-25(2)21-30(38)7/h10-23,43-45H,1-9H3. The first-order valence-corrected chi connectivity index (χ1v) is 16.2. The molecule has 0 amide bonds. The van der Waals surface area contributed by atoms with Crippen LogP contribution in [0.5, 0.6) is 0 Å². The summed E-state index contributed by atoms with van der Waals surface area (Å²) in [4.78, 5) is 0. The van der Waals surface area contributed by atoms with E-state index in [1.165, 1.54) is 77.4 Å². The van der Waals surface area contributed by atoms with Crippen LogP contribution in [0.25, 0.3) is 0 Å². The molecule has 0 bridgehead atoms. The number of hydrogen-bond acceptors (Lipinski definition) is 3. The summed E-state index contributed by atoms with van der Waals surface area (Å²) in [5, 5.41) is 11.7. The van der Waals surface area contributed by atoms with E-state index in [2.05, 4.69) is 163 Å². The Hall–Kier alpha value is -4.31. The van der Waals surface area contributed by atoms with Crippen molar-refractivity contribution in [3.05, 3.63) is 157 Å². The quantitative estimate of drug-likeness (QED) is 0.342. The highest BCUT2D eigenvalue weighted by Gasteiger charge is 2.36. The summed E-state index contributed by atoms with van der Waals surface area (Å²) in [6.45, 7) is 20.2. The van der Waals surface area contributed by atoms with Gasteiger partial charge < -0.3 is 15.7 Å². The predicted octanol–water partition coefficient (Wildman–Crippen LogP) is 5.58. The minimum absolute atomic E-state index is 0.00983. The fraction of sp³-hybridized carbons (Fsp3) is 0.231. The third-order valence-electron chi connectivity index (χ3n) is 9.59. The van der Waals surface area contributed by atoms with E-state index in [1.807, 2.05) is 0 Å². The fourth-order valence-corrected chi connectivity index (χ4v) is 8.03. The average Bonchev–Trinajstić information content (AvgIpc) is 2.96. The molecular weight excluding hydrogens is 543 g/mol. The molecule has 0 saturated carbocycles. The van der Waals surface area contributed by atoms with Crippen molar-refractivity contribution in [3.8, 4) is 0 Å². The lowest BCUT2D eigenvalue weighted by Crippen LogP contribution is -2.56. The molecule has 3 nitrogen and oxygen atoms in total. The number of benzene rings is 3. The molecule has 0 radical (unpaired) electrons. The highest BCUT2D eigenvalue weighted by molar-refractivity contribution is 6.83. The topological polar surface area (TPSA) is 36.1 Å². The summed E-state index contributed by atoms with van der Waals surface area (Å²) in [6.07, 6.45) is 15.5. The van der Waals surface area contributed by atoms with E-state index in [1.54, 1.807) is 0 Å². The maximum absolute atomic E-state index is 4.07. The third kappa shape index (κ3) is 5.91. The van der Waals surface area contributed by atoms with Crippen molar-refractivity contribution < 1.29 is 0 Å². The molecule has 0 unspecified atom stereocenters. The van der Waals surface area contributed by atoms with Crippen LogP contribution in [0.4, 0.5) is 0 Å². The Bertz CT molecular complexity index is 1820. The minimum atomic E-state index is -0.00983. The van der Waals surface area contributed by atoms with Crippen molar-refractivity contribution in [3.63, 3.8) is 0 Å². The first-order valence-electron chi connectivity index (χ1n) is 16.2. The largest absolute Gasteiger partial charge is 0.426 e. The Labute approximate surface area is 271 Å². The summed E-state index contributed by atoms with van der Waals surface area (Å²) < 4.78 is 0. The average molecular weight is 587 g/mol. The molecule has 3 aliphatic rings. The van der Waals surface area contributed by atoms with Gasteiger partial charge in [0.1, 0.15) is 0 Å². The first kappa shape index (κ1) is 30.7. The van der Waals surface area contributed by atoms with Crippen LogP contribution in [0.15, 0.2) is 107 Å². The third-order valence-corrected chi connectivity index (χ3v) is 9.59. The van der Waals surface area contributed by atoms with Crippen molar-refractivity contribution >= 4 is 36.9 Å². The van der Waals surface area contributed by atoms with E-state index in [0.717, 1.165) is 11.4 Å². The number of hydrogen-bond donors (Lipinski definition) is 3. The van der Waals surface area contributed by atoms with Crippen molar-refractivity contribution in [1.82, 2.24) is 15.7 Å². The zero-order chi connectivity index (χ0) is 32.0. The number of nitrogens with one attached hydrogen (secondary N) is 3. The van der Waals surface area contributed by atoms with Crippen molar-refractivity contribution in [2.24, 2.45) is 0 Å². The van der Waals surface area contributed by atoms with Gasteiger partial charge in [0.05, 0.1) is 0 Å². The van der Waals surface area contributed by atoms with Crippen LogP contribution in [-0.2, 0) is 0 Å². The van der Waals surface area contributed by atoms with Gasteiger partial charge >= 0.3 is 20.5 Å². The van der Waals surface area contributed by atoms with Crippen LogP contribution >= 0.6 is 0 Å². The van der Waals surface area contributed by atoms with Crippen LogP contribution in [0.3, 0.4) is 0 Å². The molecule has 0 spiro atoms. The smallest absolute Gasteiger partial charge is 0.323 e. The number of allylic oxidation sites excluding steroid dienone is 8. The summed E-state index contributed by atoms with van der Waals surface area (Å²) in [6, 6.07) is 13.8. The second kappa shape index (κ2) is 12.2. The molecule has 0 aliphatic carbocycles. The van der Waals surface area contributed by atoms with Gasteiger partial charge in [-0.2, -0.15) is 0 Å². The Kier molecular flexibility index (Phi) is 8.35. The van der Waals surface area contributed by atoms with Gasteiger partial charge in [0, 0.05) is 11.4 Å². The van der Waals surface area contributed by atoms with Crippen LogP contribution < -0.4 is 32.1 Å². The Morgan fingerprint density at radius 3 is 1.47 bits per heavy atom. The predicted molar refractivity (Wildman–Crippen MR) is 198 cm³/mol. The molecule has 0 saturated heterocycles. The SMILES string of the molecule is Cc1cc(C)c(B2C=CC=C(C3=CC=C(C4=CC=CNB4c4c(C)cc(C)cc4C)NB3c3c(C)cc(C)cc3C)N2)c(C)c1. The van der Waals surface area contributed by atoms with Crippen LogP contribution in [0.1, 0.15) is 50.1 Å². The number of rotatable bonds is 5.